The van der Waals surface area contributed by atoms with Crippen molar-refractivity contribution >= 4 is 17.4 Å². The molecule has 0 aliphatic rings. The Morgan fingerprint density at radius 2 is 2.70 bits per heavy atom. The van der Waals surface area contributed by atoms with E-state index in [0.29, 0.717) is 0 Å². The molecule has 0 N–H and O–H groups in total. The Morgan fingerprint density at radius 3 is 3.20 bits per heavy atom. The van der Waals surface area contributed by atoms with Crippen LogP contribution in [-0.4, -0.2) is 10.3 Å². The maximum Gasteiger partial charge on any atom is 0.124 e. The van der Waals surface area contributed by atoms with Gasteiger partial charge in [-0.15, -0.1) is 0 Å². The van der Waals surface area contributed by atoms with Gasteiger partial charge in [-0.3, -0.25) is 0 Å². The molecule has 1 aromatic rings. The van der Waals surface area contributed by atoms with Crippen molar-refractivity contribution in [2.24, 2.45) is 4.99 Å². The van der Waals surface area contributed by atoms with E-state index in [1.165, 1.54) is 6.26 Å². The molecule has 0 aliphatic carbocycles. The number of hydrogen-bond acceptors (Lipinski definition) is 4. The molecule has 1 aromatic heterocycles. The van der Waals surface area contributed by atoms with E-state index in [-0.39, 0.29) is 6.04 Å². The highest BCUT2D eigenvalue weighted by atomic mass is 32.1. The van der Waals surface area contributed by atoms with E-state index in [2.05, 4.69) is 32.1 Å². The van der Waals surface area contributed by atoms with Crippen LogP contribution in [0.1, 0.15) is 18.7 Å². The lowest BCUT2D eigenvalue weighted by molar-refractivity contribution is 0.407. The van der Waals surface area contributed by atoms with Gasteiger partial charge >= 0.3 is 0 Å². The predicted octanol–water partition coefficient (Wildman–Crippen LogP) is 1.84. The van der Waals surface area contributed by atoms with E-state index in [1.54, 1.807) is 6.07 Å². The number of nitrogens with zero attached hydrogens (tertiary/aromatic N) is 2. The molecule has 0 aliphatic heterocycles. The van der Waals surface area contributed by atoms with Crippen molar-refractivity contribution in [1.29, 1.82) is 0 Å². The molecular weight excluding hydrogens is 148 g/mol. The SMILES string of the molecule is C[C@@H](N=C=S)c1ccon1. The van der Waals surface area contributed by atoms with Crippen LogP contribution in [0.3, 0.4) is 0 Å². The monoisotopic (exact) mass is 154 g/mol. The van der Waals surface area contributed by atoms with Gasteiger partial charge in [0, 0.05) is 6.07 Å². The molecule has 52 valence electrons. The van der Waals surface area contributed by atoms with E-state index in [1.807, 2.05) is 6.92 Å². The van der Waals surface area contributed by atoms with E-state index in [4.69, 9.17) is 0 Å². The molecule has 3 nitrogen and oxygen atoms in total. The third-order valence-corrected chi connectivity index (χ3v) is 1.24. The highest BCUT2D eigenvalue weighted by Gasteiger charge is 2.04. The summed E-state index contributed by atoms with van der Waals surface area (Å²) in [6, 6.07) is 1.71. The van der Waals surface area contributed by atoms with Crippen LogP contribution in [0.25, 0.3) is 0 Å². The van der Waals surface area contributed by atoms with Crippen LogP contribution < -0.4 is 0 Å². The molecule has 0 fully saturated rings. The van der Waals surface area contributed by atoms with Gasteiger partial charge in [-0.05, 0) is 19.1 Å². The van der Waals surface area contributed by atoms with Crippen molar-refractivity contribution < 1.29 is 4.52 Å². The van der Waals surface area contributed by atoms with Gasteiger partial charge in [-0.1, -0.05) is 5.16 Å². The van der Waals surface area contributed by atoms with Crippen LogP contribution >= 0.6 is 12.2 Å². The molecule has 0 aromatic carbocycles. The minimum atomic E-state index is -0.0451. The molecule has 1 heterocycles. The zero-order chi connectivity index (χ0) is 7.40. The minimum Gasteiger partial charge on any atom is -0.364 e. The maximum absolute atomic E-state index is 4.61. The molecule has 1 atom stereocenters. The molecule has 1 rings (SSSR count). The van der Waals surface area contributed by atoms with Gasteiger partial charge < -0.3 is 4.52 Å². The standard InChI is InChI=1S/C6H6N2OS/c1-5(7-4-10)6-2-3-9-8-6/h2-3,5H,1H3/t5-/m1/s1. The van der Waals surface area contributed by atoms with Crippen molar-refractivity contribution in [2.45, 2.75) is 13.0 Å². The van der Waals surface area contributed by atoms with E-state index in [0.717, 1.165) is 5.69 Å². The molecule has 4 heteroatoms. The molecule has 0 amide bonds. The molecule has 0 saturated heterocycles. The van der Waals surface area contributed by atoms with Crippen LogP contribution in [0.5, 0.6) is 0 Å². The first-order chi connectivity index (χ1) is 4.84. The first-order valence-electron chi connectivity index (χ1n) is 2.82. The Morgan fingerprint density at radius 1 is 1.90 bits per heavy atom. The van der Waals surface area contributed by atoms with E-state index >= 15 is 0 Å². The molecule has 0 bridgehead atoms. The summed E-state index contributed by atoms with van der Waals surface area (Å²) in [6.07, 6.45) is 1.50. The summed E-state index contributed by atoms with van der Waals surface area (Å²) in [5.74, 6) is 0. The Hall–Kier alpha value is -0.990. The van der Waals surface area contributed by atoms with Gasteiger partial charge in [0.1, 0.15) is 18.0 Å². The van der Waals surface area contributed by atoms with Crippen LogP contribution in [0.4, 0.5) is 0 Å². The average Bonchev–Trinajstić information content (AvgIpc) is 2.38. The van der Waals surface area contributed by atoms with Gasteiger partial charge in [-0.25, -0.2) is 4.99 Å². The number of aromatic nitrogens is 1. The summed E-state index contributed by atoms with van der Waals surface area (Å²) >= 11 is 4.43. The lowest BCUT2D eigenvalue weighted by atomic mass is 10.2. The van der Waals surface area contributed by atoms with Crippen LogP contribution in [0.15, 0.2) is 21.8 Å². The maximum atomic E-state index is 4.61. The zero-order valence-corrected chi connectivity index (χ0v) is 6.26. The van der Waals surface area contributed by atoms with Crippen molar-refractivity contribution in [3.8, 4) is 0 Å². The van der Waals surface area contributed by atoms with Gasteiger partial charge in [0.15, 0.2) is 0 Å². The number of isothiocyanates is 1. The smallest absolute Gasteiger partial charge is 0.124 e. The van der Waals surface area contributed by atoms with Crippen molar-refractivity contribution in [2.75, 3.05) is 0 Å². The van der Waals surface area contributed by atoms with Crippen molar-refractivity contribution in [3.63, 3.8) is 0 Å². The molecule has 0 radical (unpaired) electrons. The molecule has 0 spiro atoms. The summed E-state index contributed by atoms with van der Waals surface area (Å²) in [4.78, 5) is 3.81. The van der Waals surface area contributed by atoms with Crippen molar-refractivity contribution in [1.82, 2.24) is 5.16 Å². The van der Waals surface area contributed by atoms with Crippen LogP contribution in [0.2, 0.25) is 0 Å². The fourth-order valence-electron chi connectivity index (χ4n) is 0.583. The van der Waals surface area contributed by atoms with Gasteiger partial charge in [0.2, 0.25) is 0 Å². The topological polar surface area (TPSA) is 38.4 Å². The minimum absolute atomic E-state index is 0.0451. The Labute approximate surface area is 63.7 Å². The molecular formula is C6H6N2OS. The van der Waals surface area contributed by atoms with E-state index in [9.17, 15) is 0 Å². The molecule has 0 unspecified atom stereocenters. The highest BCUT2D eigenvalue weighted by molar-refractivity contribution is 7.78. The third kappa shape index (κ3) is 1.50. The van der Waals surface area contributed by atoms with Gasteiger partial charge in [0.25, 0.3) is 0 Å². The normalized spacial score (nSPS) is 12.1. The average molecular weight is 154 g/mol. The predicted molar refractivity (Wildman–Crippen MR) is 39.9 cm³/mol. The number of hydrogen-bond donors (Lipinski definition) is 0. The van der Waals surface area contributed by atoms with Crippen LogP contribution in [-0.2, 0) is 0 Å². The summed E-state index contributed by atoms with van der Waals surface area (Å²) in [7, 11) is 0. The number of aliphatic imine (C=N–C) groups is 1. The van der Waals surface area contributed by atoms with Crippen LogP contribution in [0, 0.1) is 0 Å². The summed E-state index contributed by atoms with van der Waals surface area (Å²) in [6.45, 7) is 1.87. The van der Waals surface area contributed by atoms with E-state index < -0.39 is 0 Å². The highest BCUT2D eigenvalue weighted by Crippen LogP contribution is 2.11. The first kappa shape index (κ1) is 7.12. The third-order valence-electron chi connectivity index (χ3n) is 1.13. The first-order valence-corrected chi connectivity index (χ1v) is 3.22. The second kappa shape index (κ2) is 3.25. The molecule has 0 saturated carbocycles. The second-order valence-corrected chi connectivity index (χ2v) is 2.00. The number of rotatable bonds is 2. The quantitative estimate of drug-likeness (QED) is 0.482. The Bertz CT molecular complexity index is 238. The van der Waals surface area contributed by atoms with Gasteiger partial charge in [-0.2, -0.15) is 0 Å². The fourth-order valence-corrected chi connectivity index (χ4v) is 0.741. The Kier molecular flexibility index (Phi) is 2.31. The lowest BCUT2D eigenvalue weighted by Crippen LogP contribution is -1.87. The van der Waals surface area contributed by atoms with Crippen molar-refractivity contribution in [3.05, 3.63) is 18.0 Å². The Balaban J connectivity index is 2.76. The molecule has 10 heavy (non-hydrogen) atoms. The van der Waals surface area contributed by atoms with Gasteiger partial charge in [0.05, 0.1) is 5.16 Å². The lowest BCUT2D eigenvalue weighted by Gasteiger charge is -1.94. The zero-order valence-electron chi connectivity index (χ0n) is 5.44. The summed E-state index contributed by atoms with van der Waals surface area (Å²) in [5.41, 5.74) is 0.775. The second-order valence-electron chi connectivity index (χ2n) is 1.82. The summed E-state index contributed by atoms with van der Waals surface area (Å²) < 4.78 is 4.61. The fraction of sp³-hybridized carbons (Fsp3) is 0.333. The largest absolute Gasteiger partial charge is 0.364 e. The summed E-state index contributed by atoms with van der Waals surface area (Å²) in [5, 5.41) is 5.96. The number of thiocarbonyl (C=S) groups is 1.